The van der Waals surface area contributed by atoms with Crippen molar-refractivity contribution in [3.63, 3.8) is 0 Å². The molecule has 0 fully saturated rings. The van der Waals surface area contributed by atoms with Crippen molar-refractivity contribution in [2.24, 2.45) is 0 Å². The maximum absolute atomic E-state index is 12.1. The maximum atomic E-state index is 12.1. The molecule has 4 rings (SSSR count). The lowest BCUT2D eigenvalue weighted by Gasteiger charge is -2.03. The first-order valence-electron chi connectivity index (χ1n) is 8.69. The summed E-state index contributed by atoms with van der Waals surface area (Å²) in [6, 6.07) is 23.1. The Balaban J connectivity index is 1.46. The van der Waals surface area contributed by atoms with E-state index in [1.54, 1.807) is 6.08 Å². The Labute approximate surface area is 157 Å². The van der Waals surface area contributed by atoms with E-state index in [4.69, 9.17) is 4.42 Å². The topological polar surface area (TPSA) is 55.1 Å². The summed E-state index contributed by atoms with van der Waals surface area (Å²) in [5.41, 5.74) is 5.31. The molecule has 4 aromatic rings. The van der Waals surface area contributed by atoms with Crippen molar-refractivity contribution < 1.29 is 9.21 Å². The summed E-state index contributed by atoms with van der Waals surface area (Å²) in [6.07, 6.45) is 3.30. The minimum absolute atomic E-state index is 0.177. The zero-order valence-corrected chi connectivity index (χ0v) is 14.8. The fraction of sp³-hybridized carbons (Fsp3) is 0.0435. The van der Waals surface area contributed by atoms with E-state index < -0.39 is 0 Å². The number of anilines is 1. The van der Waals surface area contributed by atoms with Crippen LogP contribution in [0, 0.1) is 6.92 Å². The number of nitrogens with one attached hydrogen (secondary N) is 1. The Bertz CT molecular complexity index is 1110. The van der Waals surface area contributed by atoms with Gasteiger partial charge in [-0.05, 0) is 60.5 Å². The predicted molar refractivity (Wildman–Crippen MR) is 108 cm³/mol. The van der Waals surface area contributed by atoms with Crippen LogP contribution in [0.25, 0.3) is 28.6 Å². The third-order valence-corrected chi connectivity index (χ3v) is 4.17. The molecule has 0 radical (unpaired) electrons. The summed E-state index contributed by atoms with van der Waals surface area (Å²) in [5.74, 6) is 0.390. The molecule has 3 aromatic carbocycles. The molecular weight excluding hydrogens is 336 g/mol. The van der Waals surface area contributed by atoms with Gasteiger partial charge in [0, 0.05) is 17.3 Å². The molecule has 4 heteroatoms. The molecule has 0 spiro atoms. The van der Waals surface area contributed by atoms with Crippen molar-refractivity contribution in [1.29, 1.82) is 0 Å². The number of hydrogen-bond acceptors (Lipinski definition) is 3. The van der Waals surface area contributed by atoms with Gasteiger partial charge in [0.15, 0.2) is 5.58 Å². The second-order valence-corrected chi connectivity index (χ2v) is 6.30. The van der Waals surface area contributed by atoms with Crippen LogP contribution in [-0.4, -0.2) is 10.9 Å². The molecule has 132 valence electrons. The summed E-state index contributed by atoms with van der Waals surface area (Å²) < 4.78 is 5.81. The smallest absolute Gasteiger partial charge is 0.248 e. The third kappa shape index (κ3) is 3.96. The Morgan fingerprint density at radius 2 is 1.78 bits per heavy atom. The molecule has 27 heavy (non-hydrogen) atoms. The number of amides is 1. The lowest BCUT2D eigenvalue weighted by Crippen LogP contribution is -2.07. The van der Waals surface area contributed by atoms with Crippen LogP contribution in [0.5, 0.6) is 0 Å². The summed E-state index contributed by atoms with van der Waals surface area (Å²) >= 11 is 0. The van der Waals surface area contributed by atoms with Crippen LogP contribution in [0.1, 0.15) is 11.1 Å². The van der Waals surface area contributed by atoms with E-state index in [0.717, 1.165) is 27.8 Å². The molecule has 0 atom stereocenters. The van der Waals surface area contributed by atoms with Gasteiger partial charge in [-0.15, -0.1) is 0 Å². The minimum Gasteiger partial charge on any atom is -0.436 e. The number of carbonyl (C=O) groups is 1. The molecule has 1 N–H and O–H groups in total. The Hall–Kier alpha value is -3.66. The van der Waals surface area contributed by atoms with Gasteiger partial charge in [0.2, 0.25) is 11.8 Å². The van der Waals surface area contributed by atoms with E-state index in [9.17, 15) is 4.79 Å². The first-order chi connectivity index (χ1) is 13.2. The normalized spacial score (nSPS) is 11.1. The van der Waals surface area contributed by atoms with E-state index >= 15 is 0 Å². The lowest BCUT2D eigenvalue weighted by molar-refractivity contribution is -0.111. The highest BCUT2D eigenvalue weighted by Crippen LogP contribution is 2.25. The number of aromatic nitrogens is 1. The van der Waals surface area contributed by atoms with Crippen molar-refractivity contribution >= 4 is 28.8 Å². The number of nitrogens with zero attached hydrogens (tertiary/aromatic N) is 1. The summed E-state index contributed by atoms with van der Waals surface area (Å²) in [4.78, 5) is 16.6. The van der Waals surface area contributed by atoms with Gasteiger partial charge in [-0.25, -0.2) is 4.98 Å². The van der Waals surface area contributed by atoms with Gasteiger partial charge < -0.3 is 9.73 Å². The minimum atomic E-state index is -0.177. The van der Waals surface area contributed by atoms with E-state index in [2.05, 4.69) is 10.3 Å². The number of hydrogen-bond donors (Lipinski definition) is 1. The standard InChI is InChI=1S/C23H18N2O2/c1-16-7-13-21-20(15-16)25-23(27-21)18-9-11-19(12-10-18)24-22(26)14-8-17-5-3-2-4-6-17/h2-15H,1H3,(H,24,26)/b14-8+. The zero-order chi connectivity index (χ0) is 18.6. The maximum Gasteiger partial charge on any atom is 0.248 e. The quantitative estimate of drug-likeness (QED) is 0.495. The second kappa shape index (κ2) is 7.30. The summed E-state index contributed by atoms with van der Waals surface area (Å²) in [5, 5.41) is 2.85. The van der Waals surface area contributed by atoms with Crippen molar-refractivity contribution in [3.8, 4) is 11.5 Å². The molecule has 1 heterocycles. The molecule has 0 saturated heterocycles. The zero-order valence-electron chi connectivity index (χ0n) is 14.8. The number of aryl methyl sites for hydroxylation is 1. The summed E-state index contributed by atoms with van der Waals surface area (Å²) in [6.45, 7) is 2.03. The highest BCUT2D eigenvalue weighted by molar-refractivity contribution is 6.02. The molecular formula is C23H18N2O2. The average molecular weight is 354 g/mol. The molecule has 4 nitrogen and oxygen atoms in total. The van der Waals surface area contributed by atoms with Gasteiger partial charge >= 0.3 is 0 Å². The number of oxazole rings is 1. The van der Waals surface area contributed by atoms with Crippen LogP contribution < -0.4 is 5.32 Å². The van der Waals surface area contributed by atoms with Crippen molar-refractivity contribution in [2.75, 3.05) is 5.32 Å². The first kappa shape index (κ1) is 16.8. The number of rotatable bonds is 4. The van der Waals surface area contributed by atoms with Crippen LogP contribution in [0.3, 0.4) is 0 Å². The van der Waals surface area contributed by atoms with Gasteiger partial charge in [0.1, 0.15) is 5.52 Å². The van der Waals surface area contributed by atoms with Gasteiger partial charge in [-0.3, -0.25) is 4.79 Å². The third-order valence-electron chi connectivity index (χ3n) is 4.17. The fourth-order valence-electron chi connectivity index (χ4n) is 2.78. The Morgan fingerprint density at radius 1 is 1.00 bits per heavy atom. The molecule has 0 aliphatic rings. The van der Waals surface area contributed by atoms with E-state index in [1.807, 2.05) is 79.7 Å². The van der Waals surface area contributed by atoms with E-state index in [-0.39, 0.29) is 5.91 Å². The Kier molecular flexibility index (Phi) is 4.54. The monoisotopic (exact) mass is 354 g/mol. The van der Waals surface area contributed by atoms with Crippen molar-refractivity contribution in [1.82, 2.24) is 4.98 Å². The van der Waals surface area contributed by atoms with Crippen LogP contribution in [0.2, 0.25) is 0 Å². The lowest BCUT2D eigenvalue weighted by atomic mass is 10.2. The molecule has 0 aliphatic heterocycles. The van der Waals surface area contributed by atoms with Crippen LogP contribution in [0.15, 0.2) is 83.3 Å². The van der Waals surface area contributed by atoms with Gasteiger partial charge in [0.05, 0.1) is 0 Å². The molecule has 1 amide bonds. The molecule has 0 bridgehead atoms. The van der Waals surface area contributed by atoms with Gasteiger partial charge in [-0.1, -0.05) is 36.4 Å². The SMILES string of the molecule is Cc1ccc2oc(-c3ccc(NC(=O)/C=C/c4ccccc4)cc3)nc2c1. The molecule has 1 aromatic heterocycles. The highest BCUT2D eigenvalue weighted by atomic mass is 16.3. The molecule has 0 saturated carbocycles. The Morgan fingerprint density at radius 3 is 2.56 bits per heavy atom. The second-order valence-electron chi connectivity index (χ2n) is 6.30. The number of carbonyl (C=O) groups excluding carboxylic acids is 1. The first-order valence-corrected chi connectivity index (χ1v) is 8.69. The van der Waals surface area contributed by atoms with Crippen molar-refractivity contribution in [3.05, 3.63) is 90.0 Å². The van der Waals surface area contributed by atoms with Crippen LogP contribution >= 0.6 is 0 Å². The molecule has 0 unspecified atom stereocenters. The summed E-state index contributed by atoms with van der Waals surface area (Å²) in [7, 11) is 0. The average Bonchev–Trinajstić information content (AvgIpc) is 3.11. The number of fused-ring (bicyclic) bond motifs is 1. The largest absolute Gasteiger partial charge is 0.436 e. The molecule has 0 aliphatic carbocycles. The van der Waals surface area contributed by atoms with E-state index in [0.29, 0.717) is 11.6 Å². The van der Waals surface area contributed by atoms with Crippen LogP contribution in [-0.2, 0) is 4.79 Å². The fourth-order valence-corrected chi connectivity index (χ4v) is 2.78. The van der Waals surface area contributed by atoms with Gasteiger partial charge in [-0.2, -0.15) is 0 Å². The van der Waals surface area contributed by atoms with Crippen molar-refractivity contribution in [2.45, 2.75) is 6.92 Å². The van der Waals surface area contributed by atoms with E-state index in [1.165, 1.54) is 6.08 Å². The number of benzene rings is 3. The van der Waals surface area contributed by atoms with Gasteiger partial charge in [0.25, 0.3) is 0 Å². The predicted octanol–water partition coefficient (Wildman–Crippen LogP) is 5.46. The van der Waals surface area contributed by atoms with Crippen LogP contribution in [0.4, 0.5) is 5.69 Å². The highest BCUT2D eigenvalue weighted by Gasteiger charge is 2.08.